The van der Waals surface area contributed by atoms with E-state index in [1.165, 1.54) is 18.4 Å². The van der Waals surface area contributed by atoms with Crippen LogP contribution in [0.2, 0.25) is 0 Å². The maximum absolute atomic E-state index is 3.70. The monoisotopic (exact) mass is 354 g/mol. The number of halogens is 1. The molecule has 2 atom stereocenters. The van der Waals surface area contributed by atoms with Crippen LogP contribution in [-0.2, 0) is 0 Å². The molecule has 3 heteroatoms. The topological polar surface area (TPSA) is 15.3 Å². The molecule has 120 valence electrons. The molecule has 0 spiro atoms. The Kier molecular flexibility index (Phi) is 9.21. The van der Waals surface area contributed by atoms with Gasteiger partial charge in [0.25, 0.3) is 0 Å². The summed E-state index contributed by atoms with van der Waals surface area (Å²) < 4.78 is 1.16. The van der Waals surface area contributed by atoms with Gasteiger partial charge in [-0.1, -0.05) is 48.8 Å². The lowest BCUT2D eigenvalue weighted by molar-refractivity contribution is 0.203. The molecule has 0 aliphatic rings. The maximum Gasteiger partial charge on any atom is 0.0332 e. The van der Waals surface area contributed by atoms with E-state index in [9.17, 15) is 0 Å². The molecule has 1 aromatic rings. The summed E-state index contributed by atoms with van der Waals surface area (Å²) in [4.78, 5) is 2.58. The van der Waals surface area contributed by atoms with Crippen LogP contribution in [0.4, 0.5) is 0 Å². The molecular formula is C18H31BrN2. The van der Waals surface area contributed by atoms with Gasteiger partial charge in [0.05, 0.1) is 0 Å². The van der Waals surface area contributed by atoms with Crippen LogP contribution in [0.3, 0.4) is 0 Å². The Morgan fingerprint density at radius 2 is 2.00 bits per heavy atom. The van der Waals surface area contributed by atoms with Gasteiger partial charge in [-0.15, -0.1) is 0 Å². The highest BCUT2D eigenvalue weighted by Crippen LogP contribution is 2.22. The molecule has 0 aromatic heterocycles. The molecule has 21 heavy (non-hydrogen) atoms. The summed E-state index contributed by atoms with van der Waals surface area (Å²) in [6.07, 6.45) is 3.56. The average Bonchev–Trinajstić information content (AvgIpc) is 2.50. The normalized spacial score (nSPS) is 14.4. The Morgan fingerprint density at radius 3 is 2.57 bits per heavy atom. The van der Waals surface area contributed by atoms with Crippen LogP contribution in [0.25, 0.3) is 0 Å². The second kappa shape index (κ2) is 10.4. The maximum atomic E-state index is 3.70. The highest BCUT2D eigenvalue weighted by molar-refractivity contribution is 9.10. The second-order valence-electron chi connectivity index (χ2n) is 5.74. The minimum Gasteiger partial charge on any atom is -0.310 e. The SMILES string of the molecule is CCCNC(CCN(CC)C(C)CC)c1cccc(Br)c1. The van der Waals surface area contributed by atoms with Crippen molar-refractivity contribution in [3.8, 4) is 0 Å². The van der Waals surface area contributed by atoms with Gasteiger partial charge < -0.3 is 10.2 Å². The van der Waals surface area contributed by atoms with Crippen LogP contribution >= 0.6 is 15.9 Å². The van der Waals surface area contributed by atoms with Gasteiger partial charge >= 0.3 is 0 Å². The third kappa shape index (κ3) is 6.50. The van der Waals surface area contributed by atoms with Crippen molar-refractivity contribution in [1.29, 1.82) is 0 Å². The van der Waals surface area contributed by atoms with Crippen LogP contribution in [0.1, 0.15) is 58.6 Å². The number of nitrogens with one attached hydrogen (secondary N) is 1. The van der Waals surface area contributed by atoms with E-state index in [2.05, 4.69) is 78.1 Å². The lowest BCUT2D eigenvalue weighted by atomic mass is 10.0. The second-order valence-corrected chi connectivity index (χ2v) is 6.65. The fourth-order valence-corrected chi connectivity index (χ4v) is 3.09. The summed E-state index contributed by atoms with van der Waals surface area (Å²) >= 11 is 3.59. The number of rotatable bonds is 10. The van der Waals surface area contributed by atoms with Gasteiger partial charge in [-0.3, -0.25) is 0 Å². The predicted octanol–water partition coefficient (Wildman–Crippen LogP) is 5.00. The molecule has 0 aliphatic heterocycles. The molecule has 0 heterocycles. The van der Waals surface area contributed by atoms with Crippen LogP contribution < -0.4 is 5.32 Å². The van der Waals surface area contributed by atoms with E-state index in [1.807, 2.05) is 0 Å². The zero-order chi connectivity index (χ0) is 15.7. The van der Waals surface area contributed by atoms with Gasteiger partial charge in [0.1, 0.15) is 0 Å². The molecule has 0 amide bonds. The molecule has 0 radical (unpaired) electrons. The molecule has 0 fully saturated rings. The molecule has 1 aromatic carbocycles. The summed E-state index contributed by atoms with van der Waals surface area (Å²) in [5, 5.41) is 3.70. The van der Waals surface area contributed by atoms with Crippen molar-refractivity contribution in [3.63, 3.8) is 0 Å². The van der Waals surface area contributed by atoms with E-state index < -0.39 is 0 Å². The minimum atomic E-state index is 0.445. The number of hydrogen-bond donors (Lipinski definition) is 1. The zero-order valence-electron chi connectivity index (χ0n) is 14.0. The predicted molar refractivity (Wildman–Crippen MR) is 96.8 cm³/mol. The van der Waals surface area contributed by atoms with E-state index in [1.54, 1.807) is 0 Å². The van der Waals surface area contributed by atoms with Crippen molar-refractivity contribution >= 4 is 15.9 Å². The standard InChI is InChI=1S/C18H31BrN2/c1-5-12-20-18(16-9-8-10-17(19)14-16)11-13-21(7-3)15(4)6-2/h8-10,14-15,18,20H,5-7,11-13H2,1-4H3. The summed E-state index contributed by atoms with van der Waals surface area (Å²) in [6, 6.07) is 9.82. The number of benzene rings is 1. The Morgan fingerprint density at radius 1 is 1.24 bits per heavy atom. The molecule has 2 unspecified atom stereocenters. The van der Waals surface area contributed by atoms with Gasteiger partial charge in [0.2, 0.25) is 0 Å². The minimum absolute atomic E-state index is 0.445. The Hall–Kier alpha value is -0.380. The van der Waals surface area contributed by atoms with E-state index in [0.29, 0.717) is 12.1 Å². The van der Waals surface area contributed by atoms with Crippen LogP contribution in [0.15, 0.2) is 28.7 Å². The zero-order valence-corrected chi connectivity index (χ0v) is 15.6. The van der Waals surface area contributed by atoms with E-state index in [4.69, 9.17) is 0 Å². The summed E-state index contributed by atoms with van der Waals surface area (Å²) in [5.41, 5.74) is 1.39. The molecule has 0 saturated carbocycles. The Labute approximate surface area is 139 Å². The third-order valence-electron chi connectivity index (χ3n) is 4.22. The molecule has 0 bridgehead atoms. The van der Waals surface area contributed by atoms with Crippen molar-refractivity contribution in [2.24, 2.45) is 0 Å². The fourth-order valence-electron chi connectivity index (χ4n) is 2.67. The van der Waals surface area contributed by atoms with Crippen molar-refractivity contribution in [1.82, 2.24) is 10.2 Å². The van der Waals surface area contributed by atoms with E-state index in [0.717, 1.165) is 30.5 Å². The molecule has 2 nitrogen and oxygen atoms in total. The third-order valence-corrected chi connectivity index (χ3v) is 4.71. The first-order chi connectivity index (χ1) is 10.1. The van der Waals surface area contributed by atoms with Crippen molar-refractivity contribution < 1.29 is 0 Å². The Balaban J connectivity index is 2.69. The fraction of sp³-hybridized carbons (Fsp3) is 0.667. The van der Waals surface area contributed by atoms with Crippen LogP contribution in [0, 0.1) is 0 Å². The van der Waals surface area contributed by atoms with E-state index in [-0.39, 0.29) is 0 Å². The molecular weight excluding hydrogens is 324 g/mol. The average molecular weight is 355 g/mol. The highest BCUT2D eigenvalue weighted by atomic mass is 79.9. The largest absolute Gasteiger partial charge is 0.310 e. The lowest BCUT2D eigenvalue weighted by Crippen LogP contribution is -2.35. The van der Waals surface area contributed by atoms with Gasteiger partial charge in [-0.05, 0) is 57.0 Å². The number of hydrogen-bond acceptors (Lipinski definition) is 2. The number of nitrogens with zero attached hydrogens (tertiary/aromatic N) is 1. The quantitative estimate of drug-likeness (QED) is 0.635. The van der Waals surface area contributed by atoms with Gasteiger partial charge in [-0.2, -0.15) is 0 Å². The van der Waals surface area contributed by atoms with Gasteiger partial charge in [-0.25, -0.2) is 0 Å². The molecule has 0 aliphatic carbocycles. The summed E-state index contributed by atoms with van der Waals surface area (Å²) in [5.74, 6) is 0. The molecule has 1 N–H and O–H groups in total. The molecule has 1 rings (SSSR count). The van der Waals surface area contributed by atoms with E-state index >= 15 is 0 Å². The highest BCUT2D eigenvalue weighted by Gasteiger charge is 2.15. The smallest absolute Gasteiger partial charge is 0.0332 e. The van der Waals surface area contributed by atoms with Crippen molar-refractivity contribution in [2.75, 3.05) is 19.6 Å². The first-order valence-corrected chi connectivity index (χ1v) is 9.14. The first kappa shape index (κ1) is 18.7. The van der Waals surface area contributed by atoms with Crippen LogP contribution in [-0.4, -0.2) is 30.6 Å². The summed E-state index contributed by atoms with van der Waals surface area (Å²) in [6.45, 7) is 12.5. The first-order valence-electron chi connectivity index (χ1n) is 8.35. The van der Waals surface area contributed by atoms with Gasteiger partial charge in [0.15, 0.2) is 0 Å². The van der Waals surface area contributed by atoms with Gasteiger partial charge in [0, 0.05) is 23.1 Å². The lowest BCUT2D eigenvalue weighted by Gasteiger charge is -2.29. The van der Waals surface area contributed by atoms with Crippen LogP contribution in [0.5, 0.6) is 0 Å². The molecule has 0 saturated heterocycles. The summed E-state index contributed by atoms with van der Waals surface area (Å²) in [7, 11) is 0. The Bertz CT molecular complexity index is 395. The van der Waals surface area contributed by atoms with Crippen molar-refractivity contribution in [3.05, 3.63) is 34.3 Å². The van der Waals surface area contributed by atoms with Crippen molar-refractivity contribution in [2.45, 2.75) is 59.0 Å².